The van der Waals surface area contributed by atoms with E-state index in [1.54, 1.807) is 0 Å². The van der Waals surface area contributed by atoms with Gasteiger partial charge in [0.2, 0.25) is 0 Å². The van der Waals surface area contributed by atoms with E-state index >= 15 is 0 Å². The van der Waals surface area contributed by atoms with Gasteiger partial charge in [0.05, 0.1) is 19.8 Å². The first-order chi connectivity index (χ1) is 7.17. The van der Waals surface area contributed by atoms with Gasteiger partial charge in [-0.3, -0.25) is 9.69 Å². The average Bonchev–Trinajstić information content (AvgIpc) is 2.28. The monoisotopic (exact) mass is 216 g/mol. The molecule has 0 spiro atoms. The van der Waals surface area contributed by atoms with E-state index in [2.05, 4.69) is 16.6 Å². The van der Waals surface area contributed by atoms with E-state index in [9.17, 15) is 4.79 Å². The van der Waals surface area contributed by atoms with Crippen LogP contribution in [0.25, 0.3) is 0 Å². The Kier molecular flexibility index (Phi) is 5.01. The third-order valence-corrected chi connectivity index (χ3v) is 2.64. The second kappa shape index (κ2) is 6.05. The van der Waals surface area contributed by atoms with Gasteiger partial charge < -0.3 is 15.2 Å². The molecule has 0 saturated carbocycles. The van der Waals surface area contributed by atoms with Crippen LogP contribution in [0, 0.1) is 0 Å². The highest BCUT2D eigenvalue weighted by Crippen LogP contribution is 2.08. The van der Waals surface area contributed by atoms with Crippen molar-refractivity contribution in [1.82, 2.24) is 4.90 Å². The summed E-state index contributed by atoms with van der Waals surface area (Å²) in [5, 5.41) is 0. The van der Waals surface area contributed by atoms with E-state index in [-0.39, 0.29) is 12.1 Å². The van der Waals surface area contributed by atoms with E-state index in [1.165, 1.54) is 7.11 Å². The van der Waals surface area contributed by atoms with Gasteiger partial charge in [0.25, 0.3) is 0 Å². The number of hydrogen-bond donors (Lipinski definition) is 1. The third kappa shape index (κ3) is 3.77. The van der Waals surface area contributed by atoms with Crippen LogP contribution >= 0.6 is 0 Å². The van der Waals surface area contributed by atoms with Crippen molar-refractivity contribution in [3.05, 3.63) is 0 Å². The van der Waals surface area contributed by atoms with E-state index < -0.39 is 6.04 Å². The molecule has 0 aromatic carbocycles. The zero-order valence-corrected chi connectivity index (χ0v) is 9.44. The van der Waals surface area contributed by atoms with Crippen LogP contribution in [0.4, 0.5) is 0 Å². The number of nitrogens with two attached hydrogens (primary N) is 1. The molecule has 0 aliphatic carbocycles. The van der Waals surface area contributed by atoms with Crippen LogP contribution in [0.15, 0.2) is 0 Å². The maximum atomic E-state index is 11.1. The van der Waals surface area contributed by atoms with Gasteiger partial charge >= 0.3 is 5.97 Å². The normalized spacial score (nSPS) is 24.9. The number of carbonyl (C=O) groups is 1. The zero-order chi connectivity index (χ0) is 11.3. The number of hydrogen-bond acceptors (Lipinski definition) is 5. The van der Waals surface area contributed by atoms with Gasteiger partial charge in [0.1, 0.15) is 6.04 Å². The molecule has 1 aliphatic rings. The maximum Gasteiger partial charge on any atom is 0.323 e. The van der Waals surface area contributed by atoms with E-state index in [0.717, 1.165) is 19.5 Å². The Balaban J connectivity index is 2.34. The largest absolute Gasteiger partial charge is 0.468 e. The van der Waals surface area contributed by atoms with Gasteiger partial charge in [-0.05, 0) is 6.42 Å². The molecule has 0 radical (unpaired) electrons. The minimum absolute atomic E-state index is 0.267. The van der Waals surface area contributed by atoms with Crippen molar-refractivity contribution < 1.29 is 14.3 Å². The van der Waals surface area contributed by atoms with E-state index in [0.29, 0.717) is 13.2 Å². The topological polar surface area (TPSA) is 64.8 Å². The SMILES string of the molecule is CCC1CN(CC(N)C(=O)OC)CCO1. The number of esters is 1. The molecule has 1 rings (SSSR count). The highest BCUT2D eigenvalue weighted by atomic mass is 16.5. The first-order valence-electron chi connectivity index (χ1n) is 5.34. The predicted octanol–water partition coefficient (Wildman–Crippen LogP) is -0.402. The lowest BCUT2D eigenvalue weighted by Gasteiger charge is -2.33. The van der Waals surface area contributed by atoms with Gasteiger partial charge in [0, 0.05) is 19.6 Å². The average molecular weight is 216 g/mol. The Morgan fingerprint density at radius 1 is 1.73 bits per heavy atom. The Labute approximate surface area is 90.5 Å². The lowest BCUT2D eigenvalue weighted by Crippen LogP contribution is -2.49. The van der Waals surface area contributed by atoms with Crippen molar-refractivity contribution in [2.45, 2.75) is 25.5 Å². The fraction of sp³-hybridized carbons (Fsp3) is 0.900. The summed E-state index contributed by atoms with van der Waals surface area (Å²) in [6.07, 6.45) is 1.26. The minimum atomic E-state index is -0.550. The molecule has 1 heterocycles. The summed E-state index contributed by atoms with van der Waals surface area (Å²) in [6, 6.07) is -0.550. The van der Waals surface area contributed by atoms with Gasteiger partial charge in [-0.2, -0.15) is 0 Å². The summed E-state index contributed by atoms with van der Waals surface area (Å²) < 4.78 is 10.1. The van der Waals surface area contributed by atoms with E-state index in [1.807, 2.05) is 0 Å². The van der Waals surface area contributed by atoms with Crippen LogP contribution in [0.3, 0.4) is 0 Å². The van der Waals surface area contributed by atoms with Crippen molar-refractivity contribution in [3.8, 4) is 0 Å². The van der Waals surface area contributed by atoms with Crippen LogP contribution in [-0.4, -0.2) is 56.4 Å². The predicted molar refractivity (Wildman–Crippen MR) is 56.5 cm³/mol. The molecular formula is C10H20N2O3. The smallest absolute Gasteiger partial charge is 0.323 e. The third-order valence-electron chi connectivity index (χ3n) is 2.64. The Morgan fingerprint density at radius 3 is 3.07 bits per heavy atom. The molecule has 15 heavy (non-hydrogen) atoms. The van der Waals surface area contributed by atoms with Crippen molar-refractivity contribution in [3.63, 3.8) is 0 Å². The summed E-state index contributed by atoms with van der Waals surface area (Å²) in [4.78, 5) is 13.3. The maximum absolute atomic E-state index is 11.1. The molecule has 88 valence electrons. The van der Waals surface area contributed by atoms with Crippen molar-refractivity contribution >= 4 is 5.97 Å². The molecule has 1 saturated heterocycles. The molecule has 1 aliphatic heterocycles. The Hall–Kier alpha value is -0.650. The molecule has 5 nitrogen and oxygen atoms in total. The molecule has 2 N–H and O–H groups in total. The highest BCUT2D eigenvalue weighted by Gasteiger charge is 2.23. The molecule has 0 aromatic heterocycles. The number of morpholine rings is 1. The van der Waals surface area contributed by atoms with Gasteiger partial charge in [-0.25, -0.2) is 0 Å². The van der Waals surface area contributed by atoms with Crippen LogP contribution in [0.1, 0.15) is 13.3 Å². The number of ether oxygens (including phenoxy) is 2. The summed E-state index contributed by atoms with van der Waals surface area (Å²) in [7, 11) is 1.36. The summed E-state index contributed by atoms with van der Waals surface area (Å²) in [5.74, 6) is -0.352. The molecule has 1 fully saturated rings. The standard InChI is InChI=1S/C10H20N2O3/c1-3-8-6-12(4-5-15-8)7-9(11)10(13)14-2/h8-9H,3-7,11H2,1-2H3. The minimum Gasteiger partial charge on any atom is -0.468 e. The molecule has 5 heteroatoms. The van der Waals surface area contributed by atoms with E-state index in [4.69, 9.17) is 10.5 Å². The molecular weight excluding hydrogens is 196 g/mol. The van der Waals surface area contributed by atoms with Crippen molar-refractivity contribution in [2.24, 2.45) is 5.73 Å². The zero-order valence-electron chi connectivity index (χ0n) is 9.44. The lowest BCUT2D eigenvalue weighted by molar-refractivity contribution is -0.143. The molecule has 2 unspecified atom stereocenters. The first-order valence-corrected chi connectivity index (χ1v) is 5.34. The quantitative estimate of drug-likeness (QED) is 0.648. The summed E-state index contributed by atoms with van der Waals surface area (Å²) in [6.45, 7) is 5.04. The van der Waals surface area contributed by atoms with Crippen LogP contribution in [-0.2, 0) is 14.3 Å². The Morgan fingerprint density at radius 2 is 2.47 bits per heavy atom. The summed E-state index contributed by atoms with van der Waals surface area (Å²) in [5.41, 5.74) is 5.69. The van der Waals surface area contributed by atoms with Crippen LogP contribution in [0.5, 0.6) is 0 Å². The number of carbonyl (C=O) groups excluding carboxylic acids is 1. The Bertz CT molecular complexity index is 211. The van der Waals surface area contributed by atoms with Gasteiger partial charge in [0.15, 0.2) is 0 Å². The molecule has 2 atom stereocenters. The number of methoxy groups -OCH3 is 1. The molecule has 0 aromatic rings. The van der Waals surface area contributed by atoms with Gasteiger partial charge in [-0.1, -0.05) is 6.92 Å². The highest BCUT2D eigenvalue weighted by molar-refractivity contribution is 5.75. The fourth-order valence-corrected chi connectivity index (χ4v) is 1.70. The van der Waals surface area contributed by atoms with Crippen LogP contribution < -0.4 is 5.73 Å². The van der Waals surface area contributed by atoms with Crippen molar-refractivity contribution in [2.75, 3.05) is 33.4 Å². The summed E-state index contributed by atoms with van der Waals surface area (Å²) >= 11 is 0. The van der Waals surface area contributed by atoms with Crippen molar-refractivity contribution in [1.29, 1.82) is 0 Å². The molecule has 0 amide bonds. The lowest BCUT2D eigenvalue weighted by atomic mass is 10.2. The second-order valence-corrected chi connectivity index (χ2v) is 3.79. The molecule has 0 bridgehead atoms. The van der Waals surface area contributed by atoms with Crippen LogP contribution in [0.2, 0.25) is 0 Å². The first kappa shape index (κ1) is 12.4. The van der Waals surface area contributed by atoms with Gasteiger partial charge in [-0.15, -0.1) is 0 Å². The second-order valence-electron chi connectivity index (χ2n) is 3.79. The number of rotatable bonds is 4. The number of nitrogens with zero attached hydrogens (tertiary/aromatic N) is 1. The fourth-order valence-electron chi connectivity index (χ4n) is 1.70.